The summed E-state index contributed by atoms with van der Waals surface area (Å²) in [5, 5.41) is 3.77. The Hall–Kier alpha value is -0.820. The van der Waals surface area contributed by atoms with Gasteiger partial charge in [0.05, 0.1) is 0 Å². The third-order valence-corrected chi connectivity index (χ3v) is 4.17. The Morgan fingerprint density at radius 1 is 1.06 bits per heavy atom. The Morgan fingerprint density at radius 2 is 1.67 bits per heavy atom. The van der Waals surface area contributed by atoms with Gasteiger partial charge in [-0.3, -0.25) is 0 Å². The molecule has 1 N–H and O–H groups in total. The smallest absolute Gasteiger partial charge is 0.0297 e. The zero-order valence-corrected chi connectivity index (χ0v) is 12.9. The van der Waals surface area contributed by atoms with E-state index in [9.17, 15) is 0 Å². The first kappa shape index (κ1) is 15.2. The molecule has 1 rings (SSSR count). The van der Waals surface area contributed by atoms with Crippen molar-refractivity contribution in [1.29, 1.82) is 0 Å². The Morgan fingerprint density at radius 3 is 2.22 bits per heavy atom. The SMILES string of the molecule is CCC(CC)C(C)NC(C)c1cc(C)ccc1C. The number of aryl methyl sites for hydroxylation is 2. The summed E-state index contributed by atoms with van der Waals surface area (Å²) in [5.74, 6) is 0.776. The van der Waals surface area contributed by atoms with Crippen LogP contribution in [0.4, 0.5) is 0 Å². The summed E-state index contributed by atoms with van der Waals surface area (Å²) in [5.41, 5.74) is 4.17. The highest BCUT2D eigenvalue weighted by molar-refractivity contribution is 5.32. The number of benzene rings is 1. The maximum atomic E-state index is 3.77. The molecule has 0 radical (unpaired) electrons. The average molecular weight is 247 g/mol. The highest BCUT2D eigenvalue weighted by Crippen LogP contribution is 2.22. The second-order valence-corrected chi connectivity index (χ2v) is 5.61. The molecule has 0 amide bonds. The van der Waals surface area contributed by atoms with E-state index < -0.39 is 0 Å². The predicted molar refractivity (Wildman–Crippen MR) is 81.0 cm³/mol. The molecule has 1 aromatic carbocycles. The molecule has 0 saturated carbocycles. The molecule has 0 heterocycles. The molecule has 2 unspecified atom stereocenters. The highest BCUT2D eigenvalue weighted by atomic mass is 14.9. The molecule has 2 atom stereocenters. The molecular formula is C17H29N. The number of hydrogen-bond acceptors (Lipinski definition) is 1. The van der Waals surface area contributed by atoms with E-state index in [1.54, 1.807) is 0 Å². The summed E-state index contributed by atoms with van der Waals surface area (Å²) in [6.45, 7) is 13.5. The van der Waals surface area contributed by atoms with E-state index >= 15 is 0 Å². The lowest BCUT2D eigenvalue weighted by molar-refractivity contribution is 0.330. The van der Waals surface area contributed by atoms with Crippen molar-refractivity contribution in [3.05, 3.63) is 34.9 Å². The van der Waals surface area contributed by atoms with Crippen LogP contribution >= 0.6 is 0 Å². The van der Waals surface area contributed by atoms with Crippen molar-refractivity contribution < 1.29 is 0 Å². The predicted octanol–water partition coefficient (Wildman–Crippen LogP) is 4.78. The lowest BCUT2D eigenvalue weighted by atomic mass is 9.93. The van der Waals surface area contributed by atoms with Gasteiger partial charge in [0, 0.05) is 12.1 Å². The van der Waals surface area contributed by atoms with Crippen molar-refractivity contribution in [2.75, 3.05) is 0 Å². The van der Waals surface area contributed by atoms with Crippen molar-refractivity contribution in [3.63, 3.8) is 0 Å². The van der Waals surface area contributed by atoms with Gasteiger partial charge < -0.3 is 5.32 Å². The van der Waals surface area contributed by atoms with Gasteiger partial charge in [-0.15, -0.1) is 0 Å². The van der Waals surface area contributed by atoms with Crippen LogP contribution in [0, 0.1) is 19.8 Å². The van der Waals surface area contributed by atoms with Crippen LogP contribution in [0.25, 0.3) is 0 Å². The minimum absolute atomic E-state index is 0.431. The Balaban J connectivity index is 2.75. The Bertz CT molecular complexity index is 366. The van der Waals surface area contributed by atoms with Crippen LogP contribution in [0.15, 0.2) is 18.2 Å². The lowest BCUT2D eigenvalue weighted by Crippen LogP contribution is -2.35. The first-order valence-electron chi connectivity index (χ1n) is 7.32. The Labute approximate surface area is 113 Å². The Kier molecular flexibility index (Phi) is 5.87. The molecule has 0 fully saturated rings. The van der Waals surface area contributed by atoms with E-state index in [1.807, 2.05) is 0 Å². The highest BCUT2D eigenvalue weighted by Gasteiger charge is 2.17. The fourth-order valence-corrected chi connectivity index (χ4v) is 2.84. The summed E-state index contributed by atoms with van der Waals surface area (Å²) in [7, 11) is 0. The van der Waals surface area contributed by atoms with Crippen molar-refractivity contribution in [2.45, 2.75) is 66.5 Å². The minimum Gasteiger partial charge on any atom is -0.307 e. The van der Waals surface area contributed by atoms with Gasteiger partial charge >= 0.3 is 0 Å². The molecule has 1 nitrogen and oxygen atoms in total. The van der Waals surface area contributed by atoms with E-state index in [0.717, 1.165) is 5.92 Å². The standard InChI is InChI=1S/C17H29N/c1-7-16(8-2)14(5)18-15(6)17-11-12(3)9-10-13(17)4/h9-11,14-16,18H,7-8H2,1-6H3. The number of rotatable bonds is 6. The molecule has 0 saturated heterocycles. The minimum atomic E-state index is 0.431. The average Bonchev–Trinajstić information content (AvgIpc) is 2.33. The zero-order valence-electron chi connectivity index (χ0n) is 12.9. The maximum Gasteiger partial charge on any atom is 0.0297 e. The fourth-order valence-electron chi connectivity index (χ4n) is 2.84. The lowest BCUT2D eigenvalue weighted by Gasteiger charge is -2.27. The second kappa shape index (κ2) is 6.94. The van der Waals surface area contributed by atoms with Gasteiger partial charge in [0.15, 0.2) is 0 Å². The quantitative estimate of drug-likeness (QED) is 0.763. The summed E-state index contributed by atoms with van der Waals surface area (Å²) in [6, 6.07) is 7.74. The van der Waals surface area contributed by atoms with Gasteiger partial charge in [-0.2, -0.15) is 0 Å². The van der Waals surface area contributed by atoms with Crippen LogP contribution in [0.1, 0.15) is 63.3 Å². The summed E-state index contributed by atoms with van der Waals surface area (Å²) < 4.78 is 0. The van der Waals surface area contributed by atoms with Crippen molar-refractivity contribution in [3.8, 4) is 0 Å². The van der Waals surface area contributed by atoms with Crippen LogP contribution in [0.2, 0.25) is 0 Å². The largest absolute Gasteiger partial charge is 0.307 e. The van der Waals surface area contributed by atoms with E-state index in [2.05, 4.69) is 65.1 Å². The van der Waals surface area contributed by atoms with Crippen molar-refractivity contribution >= 4 is 0 Å². The van der Waals surface area contributed by atoms with Gasteiger partial charge in [-0.05, 0) is 44.7 Å². The summed E-state index contributed by atoms with van der Waals surface area (Å²) in [4.78, 5) is 0. The van der Waals surface area contributed by atoms with Gasteiger partial charge in [-0.25, -0.2) is 0 Å². The molecule has 102 valence electrons. The number of nitrogens with one attached hydrogen (secondary N) is 1. The molecule has 1 aromatic rings. The molecule has 0 spiro atoms. The summed E-state index contributed by atoms with van der Waals surface area (Å²) >= 11 is 0. The van der Waals surface area contributed by atoms with Crippen LogP contribution in [0.3, 0.4) is 0 Å². The van der Waals surface area contributed by atoms with Gasteiger partial charge in [0.2, 0.25) is 0 Å². The van der Waals surface area contributed by atoms with E-state index in [4.69, 9.17) is 0 Å². The van der Waals surface area contributed by atoms with Crippen molar-refractivity contribution in [1.82, 2.24) is 5.32 Å². The van der Waals surface area contributed by atoms with Gasteiger partial charge in [0.25, 0.3) is 0 Å². The van der Waals surface area contributed by atoms with E-state index in [-0.39, 0.29) is 0 Å². The van der Waals surface area contributed by atoms with Crippen LogP contribution in [-0.4, -0.2) is 6.04 Å². The van der Waals surface area contributed by atoms with E-state index in [1.165, 1.54) is 29.5 Å². The molecule has 0 aliphatic carbocycles. The molecule has 0 aliphatic heterocycles. The molecule has 0 aliphatic rings. The first-order chi connectivity index (χ1) is 8.49. The molecule has 1 heteroatoms. The van der Waals surface area contributed by atoms with Gasteiger partial charge in [-0.1, -0.05) is 50.5 Å². The molecule has 18 heavy (non-hydrogen) atoms. The van der Waals surface area contributed by atoms with Crippen LogP contribution in [-0.2, 0) is 0 Å². The third kappa shape index (κ3) is 3.84. The van der Waals surface area contributed by atoms with Gasteiger partial charge in [0.1, 0.15) is 0 Å². The fraction of sp³-hybridized carbons (Fsp3) is 0.647. The topological polar surface area (TPSA) is 12.0 Å². The van der Waals surface area contributed by atoms with Crippen LogP contribution in [0.5, 0.6) is 0 Å². The number of hydrogen-bond donors (Lipinski definition) is 1. The normalized spacial score (nSPS) is 14.8. The zero-order chi connectivity index (χ0) is 13.7. The van der Waals surface area contributed by atoms with Crippen molar-refractivity contribution in [2.24, 2.45) is 5.92 Å². The molecule has 0 bridgehead atoms. The monoisotopic (exact) mass is 247 g/mol. The van der Waals surface area contributed by atoms with E-state index in [0.29, 0.717) is 12.1 Å². The molecule has 0 aromatic heterocycles. The maximum absolute atomic E-state index is 3.77. The molecular weight excluding hydrogens is 218 g/mol. The van der Waals surface area contributed by atoms with Crippen LogP contribution < -0.4 is 5.32 Å². The first-order valence-corrected chi connectivity index (χ1v) is 7.32. The second-order valence-electron chi connectivity index (χ2n) is 5.61. The summed E-state index contributed by atoms with van der Waals surface area (Å²) in [6.07, 6.45) is 2.51. The third-order valence-electron chi connectivity index (χ3n) is 4.17.